The molecule has 0 spiro atoms. The minimum absolute atomic E-state index is 0.0226. The first kappa shape index (κ1) is 28.5. The second kappa shape index (κ2) is 12.3. The van der Waals surface area contributed by atoms with Crippen LogP contribution in [0.4, 0.5) is 10.5 Å². The first-order valence-corrected chi connectivity index (χ1v) is 11.9. The molecular formula is C26H32N4O5S. The van der Waals surface area contributed by atoms with Crippen molar-refractivity contribution in [3.63, 3.8) is 0 Å². The number of carbonyl (C=O) groups is 3. The molecule has 0 fully saturated rings. The van der Waals surface area contributed by atoms with Crippen molar-refractivity contribution in [2.75, 3.05) is 17.6 Å². The van der Waals surface area contributed by atoms with Crippen LogP contribution in [-0.4, -0.2) is 51.9 Å². The molecule has 2 rings (SSSR count). The topological polar surface area (TPSA) is 132 Å². The Labute approximate surface area is 216 Å². The Hall–Kier alpha value is -3.71. The summed E-state index contributed by atoms with van der Waals surface area (Å²) in [7, 11) is 0. The average molecular weight is 513 g/mol. The van der Waals surface area contributed by atoms with Gasteiger partial charge >= 0.3 is 6.09 Å². The molecule has 3 N–H and O–H groups in total. The van der Waals surface area contributed by atoms with Gasteiger partial charge in [0.05, 0.1) is 6.07 Å². The van der Waals surface area contributed by atoms with Crippen molar-refractivity contribution >= 4 is 36.2 Å². The number of phenolic OH excluding ortho intramolecular Hbond substituents is 1. The number of amides is 3. The van der Waals surface area contributed by atoms with Crippen molar-refractivity contribution in [1.82, 2.24) is 10.2 Å². The number of nitrogens with one attached hydrogen (secondary N) is 2. The highest BCUT2D eigenvalue weighted by molar-refractivity contribution is 7.80. The number of nitrogens with zero attached hydrogens (tertiary/aromatic N) is 2. The third kappa shape index (κ3) is 7.65. The van der Waals surface area contributed by atoms with Crippen LogP contribution in [0, 0.1) is 25.2 Å². The molecule has 0 aliphatic rings. The highest BCUT2D eigenvalue weighted by Gasteiger charge is 2.36. The van der Waals surface area contributed by atoms with E-state index in [0.29, 0.717) is 11.3 Å². The Balaban J connectivity index is 2.48. The first-order chi connectivity index (χ1) is 16.9. The maximum absolute atomic E-state index is 13.6. The zero-order valence-electron chi connectivity index (χ0n) is 21.0. The number of aromatic hydroxyl groups is 1. The van der Waals surface area contributed by atoms with Crippen LogP contribution in [0.3, 0.4) is 0 Å². The van der Waals surface area contributed by atoms with Gasteiger partial charge in [0.25, 0.3) is 5.91 Å². The van der Waals surface area contributed by atoms with E-state index in [9.17, 15) is 24.8 Å². The van der Waals surface area contributed by atoms with Crippen molar-refractivity contribution in [3.05, 3.63) is 59.2 Å². The Kier molecular flexibility index (Phi) is 9.76. The second-order valence-electron chi connectivity index (χ2n) is 9.26. The number of anilines is 1. The van der Waals surface area contributed by atoms with E-state index in [-0.39, 0.29) is 11.5 Å². The molecule has 9 nitrogen and oxygen atoms in total. The molecule has 0 saturated heterocycles. The van der Waals surface area contributed by atoms with Crippen LogP contribution < -0.4 is 10.6 Å². The van der Waals surface area contributed by atoms with Gasteiger partial charge in [-0.05, 0) is 63.4 Å². The summed E-state index contributed by atoms with van der Waals surface area (Å²) in [6, 6.07) is 10.9. The molecule has 2 aromatic rings. The number of nitriles is 1. The Bertz CT molecular complexity index is 1120. The lowest BCUT2D eigenvalue weighted by Gasteiger charge is -2.32. The molecule has 3 amide bonds. The molecule has 0 radical (unpaired) electrons. The van der Waals surface area contributed by atoms with E-state index in [1.165, 1.54) is 24.3 Å². The van der Waals surface area contributed by atoms with Gasteiger partial charge in [0.1, 0.15) is 30.0 Å². The van der Waals surface area contributed by atoms with Gasteiger partial charge in [0.2, 0.25) is 5.91 Å². The molecule has 10 heteroatoms. The molecule has 2 atom stereocenters. The van der Waals surface area contributed by atoms with Crippen LogP contribution in [0.15, 0.2) is 42.5 Å². The number of carbonyl (C=O) groups excluding carboxylic acids is 3. The third-order valence-corrected chi connectivity index (χ3v) is 5.56. The number of rotatable bonds is 8. The van der Waals surface area contributed by atoms with Crippen molar-refractivity contribution in [3.8, 4) is 11.8 Å². The number of alkyl carbamates (subject to hydrolysis) is 1. The fourth-order valence-corrected chi connectivity index (χ4v) is 3.79. The summed E-state index contributed by atoms with van der Waals surface area (Å²) in [5.74, 6) is -1.37. The SMILES string of the molecule is Cc1cccc(C)c1NC(=O)C(c1ccc(O)cc1)N(CC#N)C(=O)C(CS)NC(=O)OC(C)(C)C. The summed E-state index contributed by atoms with van der Waals surface area (Å²) in [6.07, 6.45) is -0.826. The summed E-state index contributed by atoms with van der Waals surface area (Å²) >= 11 is 4.20. The Morgan fingerprint density at radius 1 is 1.11 bits per heavy atom. The van der Waals surface area contributed by atoms with Gasteiger partial charge in [-0.25, -0.2) is 4.79 Å². The zero-order valence-corrected chi connectivity index (χ0v) is 21.9. The predicted octanol–water partition coefficient (Wildman–Crippen LogP) is 3.86. The number of ether oxygens (including phenoxy) is 1. The smallest absolute Gasteiger partial charge is 0.408 e. The molecule has 0 aliphatic heterocycles. The second-order valence-corrected chi connectivity index (χ2v) is 9.62. The van der Waals surface area contributed by atoms with Crippen LogP contribution >= 0.6 is 12.6 Å². The zero-order chi connectivity index (χ0) is 27.0. The number of thiol groups is 1. The van der Waals surface area contributed by atoms with E-state index < -0.39 is 42.1 Å². The van der Waals surface area contributed by atoms with Crippen molar-refractivity contribution in [2.24, 2.45) is 0 Å². The molecular weight excluding hydrogens is 480 g/mol. The number of hydrogen-bond acceptors (Lipinski definition) is 7. The van der Waals surface area contributed by atoms with Crippen LogP contribution in [0.1, 0.15) is 43.5 Å². The van der Waals surface area contributed by atoms with E-state index in [2.05, 4.69) is 23.3 Å². The largest absolute Gasteiger partial charge is 0.508 e. The number of hydrogen-bond donors (Lipinski definition) is 4. The quantitative estimate of drug-likeness (QED) is 0.314. The number of aryl methyl sites for hydroxylation is 2. The van der Waals surface area contributed by atoms with Gasteiger partial charge in [0.15, 0.2) is 0 Å². The first-order valence-electron chi connectivity index (χ1n) is 11.3. The van der Waals surface area contributed by atoms with E-state index >= 15 is 0 Å². The van der Waals surface area contributed by atoms with Crippen LogP contribution in [-0.2, 0) is 14.3 Å². The Morgan fingerprint density at radius 3 is 2.19 bits per heavy atom. The molecule has 0 bridgehead atoms. The summed E-state index contributed by atoms with van der Waals surface area (Å²) in [6.45, 7) is 8.31. The highest BCUT2D eigenvalue weighted by atomic mass is 32.1. The van der Waals surface area contributed by atoms with E-state index in [4.69, 9.17) is 4.74 Å². The van der Waals surface area contributed by atoms with Gasteiger partial charge in [-0.2, -0.15) is 17.9 Å². The van der Waals surface area contributed by atoms with Gasteiger partial charge < -0.3 is 25.4 Å². The lowest BCUT2D eigenvalue weighted by molar-refractivity contribution is -0.139. The van der Waals surface area contributed by atoms with Crippen molar-refractivity contribution in [2.45, 2.75) is 52.3 Å². The van der Waals surface area contributed by atoms with Crippen LogP contribution in [0.5, 0.6) is 5.75 Å². The van der Waals surface area contributed by atoms with Gasteiger partial charge in [0, 0.05) is 11.4 Å². The number of phenols is 1. The monoisotopic (exact) mass is 512 g/mol. The predicted molar refractivity (Wildman–Crippen MR) is 140 cm³/mol. The third-order valence-electron chi connectivity index (χ3n) is 5.19. The van der Waals surface area contributed by atoms with E-state index in [1.54, 1.807) is 20.8 Å². The number of para-hydroxylation sites is 1. The van der Waals surface area contributed by atoms with Crippen LogP contribution in [0.25, 0.3) is 0 Å². The molecule has 2 unspecified atom stereocenters. The maximum atomic E-state index is 13.6. The van der Waals surface area contributed by atoms with Crippen molar-refractivity contribution < 1.29 is 24.2 Å². The maximum Gasteiger partial charge on any atom is 0.408 e. The average Bonchev–Trinajstić information content (AvgIpc) is 2.79. The molecule has 2 aromatic carbocycles. The van der Waals surface area contributed by atoms with Gasteiger partial charge in [-0.1, -0.05) is 30.3 Å². The van der Waals surface area contributed by atoms with Crippen molar-refractivity contribution in [1.29, 1.82) is 5.26 Å². The molecule has 36 heavy (non-hydrogen) atoms. The summed E-state index contributed by atoms with van der Waals surface area (Å²) in [5, 5.41) is 24.6. The molecule has 0 aromatic heterocycles. The standard InChI is InChI=1S/C26H32N4O5S/c1-16-7-6-8-17(2)21(16)29-23(32)22(18-9-11-19(31)12-10-18)30(14-13-27)24(33)20(15-36)28-25(34)35-26(3,4)5/h6-12,20,22,31,36H,14-15H2,1-5H3,(H,28,34)(H,29,32). The van der Waals surface area contributed by atoms with Gasteiger partial charge in [-0.3, -0.25) is 9.59 Å². The Morgan fingerprint density at radius 2 is 1.69 bits per heavy atom. The molecule has 0 aliphatic carbocycles. The fraction of sp³-hybridized carbons (Fsp3) is 0.385. The van der Waals surface area contributed by atoms with Gasteiger partial charge in [-0.15, -0.1) is 0 Å². The number of benzene rings is 2. The molecule has 0 saturated carbocycles. The molecule has 0 heterocycles. The van der Waals surface area contributed by atoms with E-state index in [1.807, 2.05) is 38.1 Å². The van der Waals surface area contributed by atoms with E-state index in [0.717, 1.165) is 16.0 Å². The molecule has 192 valence electrons. The highest BCUT2D eigenvalue weighted by Crippen LogP contribution is 2.28. The fourth-order valence-electron chi connectivity index (χ4n) is 3.54. The minimum Gasteiger partial charge on any atom is -0.508 e. The lowest BCUT2D eigenvalue weighted by atomic mass is 10.0. The lowest BCUT2D eigenvalue weighted by Crippen LogP contribution is -2.53. The summed E-state index contributed by atoms with van der Waals surface area (Å²) in [5.41, 5.74) is 1.82. The summed E-state index contributed by atoms with van der Waals surface area (Å²) in [4.78, 5) is 40.6. The normalized spacial score (nSPS) is 12.6. The summed E-state index contributed by atoms with van der Waals surface area (Å²) < 4.78 is 5.24. The van der Waals surface area contributed by atoms with Crippen LogP contribution in [0.2, 0.25) is 0 Å². The minimum atomic E-state index is -1.24.